The molecule has 2 heteroatoms. The van der Waals surface area contributed by atoms with Gasteiger partial charge in [-0.3, -0.25) is 4.90 Å². The Hall–Kier alpha value is -0.860. The standard InChI is InChI=1S/C18H30N2/c1-5-16(19)18(15-10-7-6-9-14(15)4)20-12-8-11-17(20)13(2)3/h6-7,9-10,13,16-18H,5,8,11-12,19H2,1-4H3. The smallest absolute Gasteiger partial charge is 0.0504 e. The van der Waals surface area contributed by atoms with Gasteiger partial charge in [0, 0.05) is 12.1 Å². The van der Waals surface area contributed by atoms with Crippen LogP contribution in [0.3, 0.4) is 0 Å². The minimum absolute atomic E-state index is 0.218. The number of rotatable bonds is 5. The van der Waals surface area contributed by atoms with Gasteiger partial charge in [-0.05, 0) is 49.8 Å². The van der Waals surface area contributed by atoms with Crippen molar-refractivity contribution in [3.8, 4) is 0 Å². The van der Waals surface area contributed by atoms with E-state index >= 15 is 0 Å². The lowest BCUT2D eigenvalue weighted by molar-refractivity contribution is 0.124. The van der Waals surface area contributed by atoms with E-state index in [0.29, 0.717) is 18.0 Å². The van der Waals surface area contributed by atoms with Gasteiger partial charge in [0.25, 0.3) is 0 Å². The molecule has 3 atom stereocenters. The van der Waals surface area contributed by atoms with E-state index < -0.39 is 0 Å². The Labute approximate surface area is 124 Å². The minimum Gasteiger partial charge on any atom is -0.326 e. The summed E-state index contributed by atoms with van der Waals surface area (Å²) >= 11 is 0. The first-order chi connectivity index (χ1) is 9.56. The number of aryl methyl sites for hydroxylation is 1. The molecule has 1 aromatic rings. The Morgan fingerprint density at radius 3 is 2.60 bits per heavy atom. The SMILES string of the molecule is CCC(N)C(c1ccccc1C)N1CCCC1C(C)C. The van der Waals surface area contributed by atoms with Crippen molar-refractivity contribution < 1.29 is 0 Å². The van der Waals surface area contributed by atoms with Crippen LogP contribution in [0.15, 0.2) is 24.3 Å². The molecule has 0 aromatic heterocycles. The van der Waals surface area contributed by atoms with Crippen LogP contribution in [0, 0.1) is 12.8 Å². The molecule has 0 bridgehead atoms. The molecule has 0 aliphatic carbocycles. The molecule has 3 unspecified atom stereocenters. The van der Waals surface area contributed by atoms with Gasteiger partial charge in [0.05, 0.1) is 6.04 Å². The van der Waals surface area contributed by atoms with Crippen LogP contribution in [0.5, 0.6) is 0 Å². The van der Waals surface area contributed by atoms with Crippen molar-refractivity contribution in [1.82, 2.24) is 4.90 Å². The Kier molecular flexibility index (Phi) is 5.22. The highest BCUT2D eigenvalue weighted by Crippen LogP contribution is 2.36. The molecular weight excluding hydrogens is 244 g/mol. The van der Waals surface area contributed by atoms with Gasteiger partial charge in [-0.25, -0.2) is 0 Å². The Bertz CT molecular complexity index is 427. The maximum atomic E-state index is 6.52. The second-order valence-corrected chi connectivity index (χ2v) is 6.56. The quantitative estimate of drug-likeness (QED) is 0.882. The number of benzene rings is 1. The largest absolute Gasteiger partial charge is 0.326 e. The lowest BCUT2D eigenvalue weighted by Crippen LogP contribution is -2.45. The van der Waals surface area contributed by atoms with E-state index in [0.717, 1.165) is 6.42 Å². The van der Waals surface area contributed by atoms with E-state index in [1.54, 1.807) is 0 Å². The molecule has 0 amide bonds. The summed E-state index contributed by atoms with van der Waals surface area (Å²) < 4.78 is 0. The van der Waals surface area contributed by atoms with Gasteiger partial charge in [-0.15, -0.1) is 0 Å². The lowest BCUT2D eigenvalue weighted by Gasteiger charge is -2.39. The molecule has 1 heterocycles. The maximum Gasteiger partial charge on any atom is 0.0504 e. The molecule has 2 N–H and O–H groups in total. The molecule has 1 aliphatic heterocycles. The van der Waals surface area contributed by atoms with Crippen molar-refractivity contribution in [3.05, 3.63) is 35.4 Å². The van der Waals surface area contributed by atoms with Gasteiger partial charge >= 0.3 is 0 Å². The molecule has 1 aliphatic rings. The molecule has 1 fully saturated rings. The van der Waals surface area contributed by atoms with Crippen LogP contribution in [0.4, 0.5) is 0 Å². The summed E-state index contributed by atoms with van der Waals surface area (Å²) in [4.78, 5) is 2.68. The molecule has 2 rings (SSSR count). The Morgan fingerprint density at radius 1 is 1.30 bits per heavy atom. The van der Waals surface area contributed by atoms with Crippen molar-refractivity contribution in [1.29, 1.82) is 0 Å². The van der Waals surface area contributed by atoms with Crippen LogP contribution in [0.25, 0.3) is 0 Å². The number of nitrogens with two attached hydrogens (primary N) is 1. The summed E-state index contributed by atoms with van der Waals surface area (Å²) in [6, 6.07) is 10.0. The van der Waals surface area contributed by atoms with E-state index in [-0.39, 0.29) is 6.04 Å². The maximum absolute atomic E-state index is 6.52. The monoisotopic (exact) mass is 274 g/mol. The average Bonchev–Trinajstić information content (AvgIpc) is 2.90. The van der Waals surface area contributed by atoms with Gasteiger partial charge in [-0.1, -0.05) is 45.0 Å². The van der Waals surface area contributed by atoms with Crippen LogP contribution in [-0.4, -0.2) is 23.5 Å². The topological polar surface area (TPSA) is 29.3 Å². The van der Waals surface area contributed by atoms with Crippen molar-refractivity contribution in [3.63, 3.8) is 0 Å². The highest BCUT2D eigenvalue weighted by molar-refractivity contribution is 5.30. The molecule has 112 valence electrons. The predicted octanol–water partition coefficient (Wildman–Crippen LogP) is 3.89. The normalized spacial score (nSPS) is 23.2. The van der Waals surface area contributed by atoms with Crippen molar-refractivity contribution >= 4 is 0 Å². The zero-order valence-corrected chi connectivity index (χ0v) is 13.5. The van der Waals surface area contributed by atoms with Crippen molar-refractivity contribution in [2.75, 3.05) is 6.54 Å². The van der Waals surface area contributed by atoms with Crippen LogP contribution >= 0.6 is 0 Å². The van der Waals surface area contributed by atoms with E-state index in [4.69, 9.17) is 5.73 Å². The molecule has 0 spiro atoms. The number of nitrogens with zero attached hydrogens (tertiary/aromatic N) is 1. The number of likely N-dealkylation sites (tertiary alicyclic amines) is 1. The highest BCUT2D eigenvalue weighted by Gasteiger charge is 2.36. The Balaban J connectivity index is 2.36. The molecule has 1 aromatic carbocycles. The molecule has 2 nitrogen and oxygen atoms in total. The van der Waals surface area contributed by atoms with Crippen molar-refractivity contribution in [2.45, 2.75) is 65.1 Å². The van der Waals surface area contributed by atoms with Crippen molar-refractivity contribution in [2.24, 2.45) is 11.7 Å². The third-order valence-corrected chi connectivity index (χ3v) is 4.85. The fourth-order valence-electron chi connectivity index (χ4n) is 3.67. The van der Waals surface area contributed by atoms with Gasteiger partial charge in [0.15, 0.2) is 0 Å². The molecule has 20 heavy (non-hydrogen) atoms. The van der Waals surface area contributed by atoms with E-state index in [9.17, 15) is 0 Å². The summed E-state index contributed by atoms with van der Waals surface area (Å²) in [7, 11) is 0. The lowest BCUT2D eigenvalue weighted by atomic mass is 9.90. The van der Waals surface area contributed by atoms with Crippen LogP contribution in [0.1, 0.15) is 57.2 Å². The average molecular weight is 274 g/mol. The summed E-state index contributed by atoms with van der Waals surface area (Å²) in [5.74, 6) is 0.702. The van der Waals surface area contributed by atoms with E-state index in [1.807, 2.05) is 0 Å². The van der Waals surface area contributed by atoms with Crippen LogP contribution in [-0.2, 0) is 0 Å². The minimum atomic E-state index is 0.218. The second kappa shape index (κ2) is 6.73. The first-order valence-electron chi connectivity index (χ1n) is 8.13. The van der Waals surface area contributed by atoms with Gasteiger partial charge in [0.2, 0.25) is 0 Å². The Morgan fingerprint density at radius 2 is 2.00 bits per heavy atom. The molecular formula is C18H30N2. The predicted molar refractivity (Wildman–Crippen MR) is 86.8 cm³/mol. The number of hydrogen-bond donors (Lipinski definition) is 1. The third kappa shape index (κ3) is 3.07. The molecule has 0 saturated carbocycles. The number of hydrogen-bond acceptors (Lipinski definition) is 2. The summed E-state index contributed by atoms with van der Waals surface area (Å²) in [5, 5.41) is 0. The van der Waals surface area contributed by atoms with E-state index in [2.05, 4.69) is 56.9 Å². The van der Waals surface area contributed by atoms with Crippen LogP contribution in [0.2, 0.25) is 0 Å². The zero-order chi connectivity index (χ0) is 14.7. The first-order valence-corrected chi connectivity index (χ1v) is 8.13. The van der Waals surface area contributed by atoms with Gasteiger partial charge in [0.1, 0.15) is 0 Å². The first kappa shape index (κ1) is 15.5. The fourth-order valence-corrected chi connectivity index (χ4v) is 3.67. The summed E-state index contributed by atoms with van der Waals surface area (Å²) in [6.45, 7) is 10.3. The second-order valence-electron chi connectivity index (χ2n) is 6.56. The third-order valence-electron chi connectivity index (χ3n) is 4.85. The fraction of sp³-hybridized carbons (Fsp3) is 0.667. The van der Waals surface area contributed by atoms with Gasteiger partial charge in [-0.2, -0.15) is 0 Å². The molecule has 1 saturated heterocycles. The van der Waals surface area contributed by atoms with Gasteiger partial charge < -0.3 is 5.73 Å². The molecule has 0 radical (unpaired) electrons. The highest BCUT2D eigenvalue weighted by atomic mass is 15.2. The zero-order valence-electron chi connectivity index (χ0n) is 13.5. The summed E-state index contributed by atoms with van der Waals surface area (Å²) in [6.07, 6.45) is 3.65. The summed E-state index contributed by atoms with van der Waals surface area (Å²) in [5.41, 5.74) is 9.32. The van der Waals surface area contributed by atoms with Crippen LogP contribution < -0.4 is 5.73 Å². The van der Waals surface area contributed by atoms with E-state index in [1.165, 1.54) is 30.5 Å².